The molecule has 2 amide bonds. The van der Waals surface area contributed by atoms with Crippen LogP contribution in [0, 0.1) is 0 Å². The maximum Gasteiger partial charge on any atom is 0.287 e. The highest BCUT2D eigenvalue weighted by molar-refractivity contribution is 9.10. The van der Waals surface area contributed by atoms with Crippen molar-refractivity contribution in [3.05, 3.63) is 58.7 Å². The summed E-state index contributed by atoms with van der Waals surface area (Å²) in [5.41, 5.74) is 0.769. The molecule has 0 aliphatic carbocycles. The molecule has 0 bridgehead atoms. The molecule has 3 aromatic rings. The summed E-state index contributed by atoms with van der Waals surface area (Å²) in [4.78, 5) is 23.8. The molecule has 7 heteroatoms. The lowest BCUT2D eigenvalue weighted by molar-refractivity contribution is -0.120. The van der Waals surface area contributed by atoms with E-state index < -0.39 is 5.91 Å². The standard InChI is InChI=1S/C17H15BrN2O4/c1-10(14-8-11-4-2-3-5-12(11)23-14)20-16(21)9-19-17(22)13-6-7-15(18)24-13/h2-8,10H,9H2,1H3,(H,19,22)(H,20,21)/t10-/m1/s1. The van der Waals surface area contributed by atoms with Crippen LogP contribution in [0.5, 0.6) is 0 Å². The molecule has 0 aliphatic rings. The Hall–Kier alpha value is -2.54. The van der Waals surface area contributed by atoms with Crippen LogP contribution in [-0.2, 0) is 4.79 Å². The Balaban J connectivity index is 1.55. The summed E-state index contributed by atoms with van der Waals surface area (Å²) in [6.07, 6.45) is 0. The van der Waals surface area contributed by atoms with Gasteiger partial charge >= 0.3 is 0 Å². The van der Waals surface area contributed by atoms with Crippen molar-refractivity contribution in [2.75, 3.05) is 6.54 Å². The van der Waals surface area contributed by atoms with Crippen LogP contribution in [0.4, 0.5) is 0 Å². The van der Waals surface area contributed by atoms with Crippen LogP contribution < -0.4 is 10.6 Å². The van der Waals surface area contributed by atoms with E-state index in [2.05, 4.69) is 26.6 Å². The highest BCUT2D eigenvalue weighted by atomic mass is 79.9. The van der Waals surface area contributed by atoms with Crippen molar-refractivity contribution in [2.24, 2.45) is 0 Å². The maximum absolute atomic E-state index is 12.0. The molecule has 0 aliphatic heterocycles. The summed E-state index contributed by atoms with van der Waals surface area (Å²) >= 11 is 3.12. The molecule has 6 nitrogen and oxygen atoms in total. The van der Waals surface area contributed by atoms with E-state index in [9.17, 15) is 9.59 Å². The van der Waals surface area contributed by atoms with E-state index in [0.717, 1.165) is 11.0 Å². The Morgan fingerprint density at radius 2 is 1.96 bits per heavy atom. The second-order valence-corrected chi connectivity index (χ2v) is 6.04. The van der Waals surface area contributed by atoms with Gasteiger partial charge in [-0.3, -0.25) is 9.59 Å². The van der Waals surface area contributed by atoms with E-state index >= 15 is 0 Å². The largest absolute Gasteiger partial charge is 0.459 e. The van der Waals surface area contributed by atoms with E-state index in [-0.39, 0.29) is 24.3 Å². The third-order valence-electron chi connectivity index (χ3n) is 3.46. The highest BCUT2D eigenvalue weighted by Crippen LogP contribution is 2.23. The number of fused-ring (bicyclic) bond motifs is 1. The zero-order valence-electron chi connectivity index (χ0n) is 12.8. The van der Waals surface area contributed by atoms with Crippen molar-refractivity contribution < 1.29 is 18.4 Å². The molecule has 0 spiro atoms. The van der Waals surface area contributed by atoms with Gasteiger partial charge in [0.2, 0.25) is 5.91 Å². The average molecular weight is 391 g/mol. The number of hydrogen-bond donors (Lipinski definition) is 2. The van der Waals surface area contributed by atoms with Gasteiger partial charge in [0, 0.05) is 5.39 Å². The predicted molar refractivity (Wildman–Crippen MR) is 91.5 cm³/mol. The Kier molecular flexibility index (Phi) is 4.71. The van der Waals surface area contributed by atoms with E-state index in [1.807, 2.05) is 37.3 Å². The zero-order chi connectivity index (χ0) is 17.1. The SMILES string of the molecule is C[C@@H](NC(=O)CNC(=O)c1ccc(Br)o1)c1cc2ccccc2o1. The number of hydrogen-bond acceptors (Lipinski definition) is 4. The number of halogens is 1. The molecular weight excluding hydrogens is 376 g/mol. The number of amides is 2. The first-order valence-corrected chi connectivity index (χ1v) is 8.13. The third kappa shape index (κ3) is 3.68. The maximum atomic E-state index is 12.0. The van der Waals surface area contributed by atoms with Gasteiger partial charge in [0.25, 0.3) is 5.91 Å². The number of rotatable bonds is 5. The van der Waals surface area contributed by atoms with Gasteiger partial charge in [-0.2, -0.15) is 0 Å². The topological polar surface area (TPSA) is 84.5 Å². The molecule has 0 unspecified atom stereocenters. The summed E-state index contributed by atoms with van der Waals surface area (Å²) < 4.78 is 11.3. The second kappa shape index (κ2) is 6.92. The highest BCUT2D eigenvalue weighted by Gasteiger charge is 2.16. The van der Waals surface area contributed by atoms with Crippen molar-refractivity contribution in [2.45, 2.75) is 13.0 Å². The van der Waals surface area contributed by atoms with Crippen LogP contribution in [0.1, 0.15) is 29.3 Å². The van der Waals surface area contributed by atoms with Gasteiger partial charge < -0.3 is 19.5 Å². The number of carbonyl (C=O) groups excluding carboxylic acids is 2. The minimum atomic E-state index is -0.452. The summed E-state index contributed by atoms with van der Waals surface area (Å²) in [6.45, 7) is 1.67. The lowest BCUT2D eigenvalue weighted by Crippen LogP contribution is -2.37. The lowest BCUT2D eigenvalue weighted by atomic mass is 10.2. The Bertz CT molecular complexity index is 850. The Morgan fingerprint density at radius 3 is 2.67 bits per heavy atom. The van der Waals surface area contributed by atoms with E-state index in [1.54, 1.807) is 6.07 Å². The fourth-order valence-corrected chi connectivity index (χ4v) is 2.57. The molecule has 0 radical (unpaired) electrons. The van der Waals surface area contributed by atoms with Crippen LogP contribution in [0.15, 0.2) is 56.0 Å². The first kappa shape index (κ1) is 16.3. The number of para-hydroxylation sites is 1. The van der Waals surface area contributed by atoms with Crippen LogP contribution in [0.25, 0.3) is 11.0 Å². The minimum Gasteiger partial charge on any atom is -0.459 e. The number of carbonyl (C=O) groups is 2. The van der Waals surface area contributed by atoms with Crippen LogP contribution in [0.3, 0.4) is 0 Å². The second-order valence-electron chi connectivity index (χ2n) is 5.26. The predicted octanol–water partition coefficient (Wildman–Crippen LogP) is 3.40. The fourth-order valence-electron chi connectivity index (χ4n) is 2.26. The van der Waals surface area contributed by atoms with Crippen molar-refractivity contribution in [3.63, 3.8) is 0 Å². The smallest absolute Gasteiger partial charge is 0.287 e. The van der Waals surface area contributed by atoms with Gasteiger partial charge in [-0.05, 0) is 47.1 Å². The van der Waals surface area contributed by atoms with Gasteiger partial charge in [-0.15, -0.1) is 0 Å². The molecule has 124 valence electrons. The first-order chi connectivity index (χ1) is 11.5. The molecule has 2 aromatic heterocycles. The fraction of sp³-hybridized carbons (Fsp3) is 0.176. The van der Waals surface area contributed by atoms with Crippen molar-refractivity contribution >= 4 is 38.7 Å². The summed E-state index contributed by atoms with van der Waals surface area (Å²) in [6, 6.07) is 12.3. The van der Waals surface area contributed by atoms with Crippen LogP contribution in [-0.4, -0.2) is 18.4 Å². The molecule has 0 fully saturated rings. The molecule has 1 aromatic carbocycles. The van der Waals surface area contributed by atoms with Crippen molar-refractivity contribution in [1.82, 2.24) is 10.6 Å². The molecule has 1 atom stereocenters. The van der Waals surface area contributed by atoms with E-state index in [4.69, 9.17) is 8.83 Å². The van der Waals surface area contributed by atoms with Crippen LogP contribution in [0.2, 0.25) is 0 Å². The van der Waals surface area contributed by atoms with Crippen molar-refractivity contribution in [1.29, 1.82) is 0 Å². The normalized spacial score (nSPS) is 12.1. The molecule has 0 saturated carbocycles. The van der Waals surface area contributed by atoms with E-state index in [0.29, 0.717) is 10.4 Å². The summed E-state index contributed by atoms with van der Waals surface area (Å²) in [7, 11) is 0. The van der Waals surface area contributed by atoms with Crippen molar-refractivity contribution in [3.8, 4) is 0 Å². The molecule has 2 N–H and O–H groups in total. The number of nitrogens with one attached hydrogen (secondary N) is 2. The van der Waals surface area contributed by atoms with Gasteiger partial charge in [0.15, 0.2) is 10.4 Å². The average Bonchev–Trinajstić information content (AvgIpc) is 3.18. The number of furan rings is 2. The monoisotopic (exact) mass is 390 g/mol. The van der Waals surface area contributed by atoms with Gasteiger partial charge in [0.05, 0.1) is 12.6 Å². The quantitative estimate of drug-likeness (QED) is 0.698. The molecule has 3 rings (SSSR count). The first-order valence-electron chi connectivity index (χ1n) is 7.34. The van der Waals surface area contributed by atoms with Gasteiger partial charge in [-0.25, -0.2) is 0 Å². The van der Waals surface area contributed by atoms with Gasteiger partial charge in [0.1, 0.15) is 11.3 Å². The Labute approximate surface area is 146 Å². The summed E-state index contributed by atoms with van der Waals surface area (Å²) in [5.74, 6) is 0.0278. The van der Waals surface area contributed by atoms with Crippen LogP contribution >= 0.6 is 15.9 Å². The molecule has 0 saturated heterocycles. The third-order valence-corrected chi connectivity index (χ3v) is 3.88. The molecule has 2 heterocycles. The number of benzene rings is 1. The minimum absolute atomic E-state index is 0.139. The lowest BCUT2D eigenvalue weighted by Gasteiger charge is -2.11. The Morgan fingerprint density at radius 1 is 1.17 bits per heavy atom. The zero-order valence-corrected chi connectivity index (χ0v) is 14.4. The summed E-state index contributed by atoms with van der Waals surface area (Å²) in [5, 5.41) is 6.26. The molecule has 24 heavy (non-hydrogen) atoms. The molecular formula is C17H15BrN2O4. The van der Waals surface area contributed by atoms with E-state index in [1.165, 1.54) is 6.07 Å². The van der Waals surface area contributed by atoms with Gasteiger partial charge in [-0.1, -0.05) is 18.2 Å².